The van der Waals surface area contributed by atoms with Gasteiger partial charge in [0.25, 0.3) is 0 Å². The number of anilines is 2. The van der Waals surface area contributed by atoms with Gasteiger partial charge < -0.3 is 11.1 Å². The Kier molecular flexibility index (Phi) is 3.50. The maximum Gasteiger partial charge on any atom is 0.238 e. The molecule has 0 fully saturated rings. The van der Waals surface area contributed by atoms with Crippen LogP contribution in [0.25, 0.3) is 0 Å². The first-order valence-electron chi connectivity index (χ1n) is 5.00. The molecule has 0 aliphatic rings. The lowest BCUT2D eigenvalue weighted by atomic mass is 10.2. The lowest BCUT2D eigenvalue weighted by molar-refractivity contribution is 0.598. The summed E-state index contributed by atoms with van der Waals surface area (Å²) >= 11 is 1.51. The highest BCUT2D eigenvalue weighted by molar-refractivity contribution is 7.89. The fourth-order valence-electron chi connectivity index (χ4n) is 1.39. The number of thiazole rings is 1. The maximum absolute atomic E-state index is 11.1. The molecule has 6 nitrogen and oxygen atoms in total. The van der Waals surface area contributed by atoms with Gasteiger partial charge in [-0.15, -0.1) is 11.3 Å². The number of hydrogen-bond acceptors (Lipinski definition) is 6. The molecule has 0 saturated carbocycles. The van der Waals surface area contributed by atoms with Gasteiger partial charge in [0.1, 0.15) is 0 Å². The van der Waals surface area contributed by atoms with E-state index >= 15 is 0 Å². The molecule has 0 spiro atoms. The van der Waals surface area contributed by atoms with Crippen LogP contribution < -0.4 is 16.2 Å². The van der Waals surface area contributed by atoms with Gasteiger partial charge in [-0.3, -0.25) is 0 Å². The minimum Gasteiger partial charge on any atom is -0.397 e. The number of nitrogens with one attached hydrogen (secondary N) is 1. The normalized spacial score (nSPS) is 11.4. The first-order chi connectivity index (χ1) is 8.47. The van der Waals surface area contributed by atoms with Crippen LogP contribution in [0, 0.1) is 0 Å². The van der Waals surface area contributed by atoms with Gasteiger partial charge in [0.2, 0.25) is 10.0 Å². The van der Waals surface area contributed by atoms with Crippen LogP contribution in [0.1, 0.15) is 5.69 Å². The minimum atomic E-state index is -3.72. The number of aromatic nitrogens is 1. The van der Waals surface area contributed by atoms with Crippen molar-refractivity contribution >= 4 is 32.7 Å². The Morgan fingerprint density at radius 1 is 1.39 bits per heavy atom. The highest BCUT2D eigenvalue weighted by Crippen LogP contribution is 2.22. The molecule has 2 rings (SSSR count). The zero-order valence-corrected chi connectivity index (χ0v) is 11.0. The van der Waals surface area contributed by atoms with Crippen molar-refractivity contribution in [1.29, 1.82) is 0 Å². The third-order valence-electron chi connectivity index (χ3n) is 2.29. The summed E-state index contributed by atoms with van der Waals surface area (Å²) in [4.78, 5) is 4.12. The van der Waals surface area contributed by atoms with E-state index in [2.05, 4.69) is 10.3 Å². The molecule has 0 atom stereocenters. The average Bonchev–Trinajstić information content (AvgIpc) is 2.79. The first kappa shape index (κ1) is 12.8. The average molecular weight is 284 g/mol. The monoisotopic (exact) mass is 284 g/mol. The Balaban J connectivity index is 2.15. The van der Waals surface area contributed by atoms with Crippen molar-refractivity contribution in [1.82, 2.24) is 4.98 Å². The van der Waals surface area contributed by atoms with E-state index in [-0.39, 0.29) is 4.90 Å². The molecule has 8 heteroatoms. The van der Waals surface area contributed by atoms with Crippen molar-refractivity contribution in [2.45, 2.75) is 11.4 Å². The maximum atomic E-state index is 11.1. The molecule has 0 aliphatic heterocycles. The molecular weight excluding hydrogens is 272 g/mol. The molecule has 0 unspecified atom stereocenters. The van der Waals surface area contributed by atoms with E-state index in [4.69, 9.17) is 10.9 Å². The number of nitrogen functional groups attached to an aromatic ring is 1. The lowest BCUT2D eigenvalue weighted by Crippen LogP contribution is -2.13. The van der Waals surface area contributed by atoms with Gasteiger partial charge in [0.15, 0.2) is 0 Å². The minimum absolute atomic E-state index is 0.000733. The molecule has 0 bridgehead atoms. The van der Waals surface area contributed by atoms with E-state index < -0.39 is 10.0 Å². The zero-order valence-electron chi connectivity index (χ0n) is 9.33. The summed E-state index contributed by atoms with van der Waals surface area (Å²) in [6.45, 7) is 0.530. The van der Waals surface area contributed by atoms with Crippen LogP contribution in [0.15, 0.2) is 34.0 Å². The number of rotatable bonds is 4. The summed E-state index contributed by atoms with van der Waals surface area (Å²) < 4.78 is 22.3. The summed E-state index contributed by atoms with van der Waals surface area (Å²) in [5.74, 6) is 0. The predicted molar refractivity (Wildman–Crippen MR) is 71.7 cm³/mol. The Morgan fingerprint density at radius 2 is 2.17 bits per heavy atom. The summed E-state index contributed by atoms with van der Waals surface area (Å²) in [6, 6.07) is 4.33. The van der Waals surface area contributed by atoms with Crippen molar-refractivity contribution in [2.24, 2.45) is 5.14 Å². The standard InChI is InChI=1S/C10H12N4O2S2/c11-9-3-8(18(12,15)16)1-2-10(9)13-4-7-5-17-6-14-7/h1-3,5-6,13H,4,11H2,(H2,12,15,16). The van der Waals surface area contributed by atoms with Gasteiger partial charge >= 0.3 is 0 Å². The fourth-order valence-corrected chi connectivity index (χ4v) is 2.50. The molecule has 2 aromatic rings. The Labute approximate surface area is 109 Å². The predicted octanol–water partition coefficient (Wildman–Crippen LogP) is 0.985. The quantitative estimate of drug-likeness (QED) is 0.725. The topological polar surface area (TPSA) is 111 Å². The number of nitrogens with two attached hydrogens (primary N) is 2. The number of benzene rings is 1. The third-order valence-corrected chi connectivity index (χ3v) is 3.84. The van der Waals surface area contributed by atoms with Crippen molar-refractivity contribution in [3.8, 4) is 0 Å². The van der Waals surface area contributed by atoms with E-state index in [1.165, 1.54) is 23.5 Å². The van der Waals surface area contributed by atoms with Crippen LogP contribution in [0.2, 0.25) is 0 Å². The Hall–Kier alpha value is -1.64. The van der Waals surface area contributed by atoms with Crippen LogP contribution in [-0.4, -0.2) is 13.4 Å². The van der Waals surface area contributed by atoms with Crippen molar-refractivity contribution in [3.63, 3.8) is 0 Å². The highest BCUT2D eigenvalue weighted by Gasteiger charge is 2.09. The van der Waals surface area contributed by atoms with Gasteiger partial charge in [-0.25, -0.2) is 18.5 Å². The summed E-state index contributed by atoms with van der Waals surface area (Å²) in [5.41, 5.74) is 9.37. The van der Waals surface area contributed by atoms with Crippen molar-refractivity contribution in [2.75, 3.05) is 11.1 Å². The molecule has 1 aromatic heterocycles. The fraction of sp³-hybridized carbons (Fsp3) is 0.100. The number of primary sulfonamides is 1. The van der Waals surface area contributed by atoms with Gasteiger partial charge in [-0.1, -0.05) is 0 Å². The van der Waals surface area contributed by atoms with Gasteiger partial charge in [0, 0.05) is 5.38 Å². The van der Waals surface area contributed by atoms with Crippen molar-refractivity contribution < 1.29 is 8.42 Å². The second-order valence-corrected chi connectivity index (χ2v) is 5.91. The lowest BCUT2D eigenvalue weighted by Gasteiger charge is -2.09. The summed E-state index contributed by atoms with van der Waals surface area (Å²) in [6.07, 6.45) is 0. The largest absolute Gasteiger partial charge is 0.397 e. The van der Waals surface area contributed by atoms with Gasteiger partial charge in [-0.05, 0) is 18.2 Å². The zero-order chi connectivity index (χ0) is 13.2. The van der Waals surface area contributed by atoms with Crippen LogP contribution >= 0.6 is 11.3 Å². The number of nitrogens with zero attached hydrogens (tertiary/aromatic N) is 1. The Morgan fingerprint density at radius 3 is 2.72 bits per heavy atom. The van der Waals surface area contributed by atoms with Crippen molar-refractivity contribution in [3.05, 3.63) is 34.8 Å². The van der Waals surface area contributed by atoms with Crippen LogP contribution in [0.4, 0.5) is 11.4 Å². The molecule has 18 heavy (non-hydrogen) atoms. The highest BCUT2D eigenvalue weighted by atomic mass is 32.2. The van der Waals surface area contributed by atoms with Gasteiger partial charge in [0.05, 0.1) is 34.0 Å². The first-order valence-corrected chi connectivity index (χ1v) is 7.49. The molecule has 96 valence electrons. The molecule has 0 radical (unpaired) electrons. The molecule has 0 aliphatic carbocycles. The van der Waals surface area contributed by atoms with Gasteiger partial charge in [-0.2, -0.15) is 0 Å². The summed E-state index contributed by atoms with van der Waals surface area (Å²) in [7, 11) is -3.72. The van der Waals surface area contributed by atoms with E-state index in [1.54, 1.807) is 11.6 Å². The van der Waals surface area contributed by atoms with E-state index in [9.17, 15) is 8.42 Å². The van der Waals surface area contributed by atoms with Crippen LogP contribution in [-0.2, 0) is 16.6 Å². The van der Waals surface area contributed by atoms with E-state index in [0.29, 0.717) is 17.9 Å². The second kappa shape index (κ2) is 4.92. The molecule has 5 N–H and O–H groups in total. The second-order valence-electron chi connectivity index (χ2n) is 3.63. The van der Waals surface area contributed by atoms with Crippen LogP contribution in [0.3, 0.4) is 0 Å². The summed E-state index contributed by atoms with van der Waals surface area (Å²) in [5, 5.41) is 10.0. The molecular formula is C10H12N4O2S2. The smallest absolute Gasteiger partial charge is 0.238 e. The number of sulfonamides is 1. The third kappa shape index (κ3) is 2.97. The SMILES string of the molecule is Nc1cc(S(N)(=O)=O)ccc1NCc1cscn1. The molecule has 0 amide bonds. The van der Waals surface area contributed by atoms with Crippen LogP contribution in [0.5, 0.6) is 0 Å². The van der Waals surface area contributed by atoms with E-state index in [1.807, 2.05) is 5.38 Å². The molecule has 1 aromatic carbocycles. The molecule has 0 saturated heterocycles. The Bertz CT molecular complexity index is 638. The molecule has 1 heterocycles. The van der Waals surface area contributed by atoms with E-state index in [0.717, 1.165) is 5.69 Å². The number of hydrogen-bond donors (Lipinski definition) is 3.